The van der Waals surface area contributed by atoms with Gasteiger partial charge in [-0.25, -0.2) is 16.8 Å². The lowest BCUT2D eigenvalue weighted by Crippen LogP contribution is -2.30. The van der Waals surface area contributed by atoms with Gasteiger partial charge in [-0.15, -0.1) is 0 Å². The Labute approximate surface area is 182 Å². The van der Waals surface area contributed by atoms with Gasteiger partial charge >= 0.3 is 0 Å². The fourth-order valence-corrected chi connectivity index (χ4v) is 4.89. The largest absolute Gasteiger partial charge is 0.495 e. The average Bonchev–Trinajstić information content (AvgIpc) is 2.72. The van der Waals surface area contributed by atoms with Gasteiger partial charge in [0.2, 0.25) is 10.0 Å². The van der Waals surface area contributed by atoms with Crippen molar-refractivity contribution >= 4 is 31.5 Å². The monoisotopic (exact) mass is 470 g/mol. The molecule has 0 saturated heterocycles. The molecule has 0 bridgehead atoms. The molecule has 2 aromatic rings. The van der Waals surface area contributed by atoms with E-state index in [0.29, 0.717) is 24.6 Å². The Hall–Kier alpha value is -2.63. The first-order valence-electron chi connectivity index (χ1n) is 9.43. The Morgan fingerprint density at radius 2 is 1.55 bits per heavy atom. The van der Waals surface area contributed by atoms with Crippen molar-refractivity contribution in [3.63, 3.8) is 0 Å². The molecule has 0 heterocycles. The second-order valence-electron chi connectivity index (χ2n) is 6.53. The Morgan fingerprint density at radius 1 is 0.968 bits per heavy atom. The Balaban J connectivity index is 2.15. The van der Waals surface area contributed by atoms with Gasteiger partial charge in [0.15, 0.2) is 16.4 Å². The first kappa shape index (κ1) is 24.6. The number of rotatable bonds is 10. The molecule has 0 aliphatic rings. The Kier molecular flexibility index (Phi) is 8.04. The van der Waals surface area contributed by atoms with Gasteiger partial charge in [0.05, 0.1) is 22.6 Å². The van der Waals surface area contributed by atoms with Gasteiger partial charge in [0, 0.05) is 19.3 Å². The summed E-state index contributed by atoms with van der Waals surface area (Å²) in [7, 11) is -5.63. The van der Waals surface area contributed by atoms with Crippen molar-refractivity contribution in [2.75, 3.05) is 38.4 Å². The summed E-state index contributed by atoms with van der Waals surface area (Å²) in [6.45, 7) is 3.76. The van der Waals surface area contributed by atoms with Crippen molar-refractivity contribution in [1.29, 1.82) is 0 Å². The van der Waals surface area contributed by atoms with Crippen LogP contribution in [-0.2, 0) is 24.7 Å². The van der Waals surface area contributed by atoms with Crippen LogP contribution < -0.4 is 14.8 Å². The van der Waals surface area contributed by atoms with Crippen LogP contribution in [0.25, 0.3) is 0 Å². The summed E-state index contributed by atoms with van der Waals surface area (Å²) in [5.74, 6) is 0.0691. The second kappa shape index (κ2) is 10.1. The van der Waals surface area contributed by atoms with E-state index in [2.05, 4.69) is 5.32 Å². The van der Waals surface area contributed by atoms with Crippen LogP contribution in [-0.4, -0.2) is 60.1 Å². The van der Waals surface area contributed by atoms with E-state index in [1.54, 1.807) is 13.8 Å². The molecule has 0 aromatic heterocycles. The summed E-state index contributed by atoms with van der Waals surface area (Å²) in [6.07, 6.45) is 1.10. The molecule has 0 saturated carbocycles. The van der Waals surface area contributed by atoms with E-state index in [4.69, 9.17) is 9.47 Å². The number of carbonyl (C=O) groups excluding carboxylic acids is 1. The number of sulfone groups is 1. The predicted octanol–water partition coefficient (Wildman–Crippen LogP) is 2.15. The molecule has 2 aromatic carbocycles. The Bertz CT molecular complexity index is 1120. The van der Waals surface area contributed by atoms with E-state index in [1.807, 2.05) is 0 Å². The molecular formula is C20H26N2O7S2. The van der Waals surface area contributed by atoms with Crippen LogP contribution >= 0.6 is 0 Å². The third-order valence-corrected chi connectivity index (χ3v) is 7.58. The van der Waals surface area contributed by atoms with Gasteiger partial charge in [0.25, 0.3) is 5.91 Å². The molecule has 0 aliphatic heterocycles. The van der Waals surface area contributed by atoms with Crippen LogP contribution in [0.2, 0.25) is 0 Å². The van der Waals surface area contributed by atoms with Crippen LogP contribution in [0, 0.1) is 0 Å². The molecule has 0 radical (unpaired) electrons. The summed E-state index contributed by atoms with van der Waals surface area (Å²) < 4.78 is 60.4. The van der Waals surface area contributed by atoms with Crippen LogP contribution in [0.5, 0.6) is 11.5 Å². The van der Waals surface area contributed by atoms with Crippen LogP contribution in [0.15, 0.2) is 52.3 Å². The van der Waals surface area contributed by atoms with Crippen molar-refractivity contribution in [3.8, 4) is 11.5 Å². The van der Waals surface area contributed by atoms with Crippen molar-refractivity contribution in [1.82, 2.24) is 4.31 Å². The zero-order chi connectivity index (χ0) is 23.2. The van der Waals surface area contributed by atoms with Gasteiger partial charge in [0.1, 0.15) is 11.5 Å². The molecule has 0 atom stereocenters. The molecule has 1 amide bonds. The van der Waals surface area contributed by atoms with Crippen molar-refractivity contribution in [3.05, 3.63) is 42.5 Å². The number of nitrogens with zero attached hydrogens (tertiary/aromatic N) is 1. The maximum atomic E-state index is 12.7. The summed E-state index contributed by atoms with van der Waals surface area (Å²) in [4.78, 5) is 12.5. The number of methoxy groups -OCH3 is 1. The molecule has 1 N–H and O–H groups in total. The topological polar surface area (TPSA) is 119 Å². The summed E-state index contributed by atoms with van der Waals surface area (Å²) in [5.41, 5.74) is 0.191. The van der Waals surface area contributed by atoms with E-state index < -0.39 is 25.8 Å². The zero-order valence-corrected chi connectivity index (χ0v) is 19.4. The quantitative estimate of drug-likeness (QED) is 0.565. The zero-order valence-electron chi connectivity index (χ0n) is 17.8. The van der Waals surface area contributed by atoms with Crippen LogP contribution in [0.1, 0.15) is 13.8 Å². The number of benzene rings is 2. The SMILES string of the molecule is CCN(CC)S(=O)(=O)c1ccc(OC)c(NC(=O)COc2ccc(S(C)(=O)=O)cc2)c1. The molecule has 2 rings (SSSR count). The third kappa shape index (κ3) is 6.18. The number of hydrogen-bond donors (Lipinski definition) is 1. The van der Waals surface area contributed by atoms with Gasteiger partial charge in [-0.1, -0.05) is 13.8 Å². The molecule has 0 unspecified atom stereocenters. The standard InChI is InChI=1S/C20H26N2O7S2/c1-5-22(6-2)31(26,27)17-11-12-19(28-3)18(13-17)21-20(23)14-29-15-7-9-16(10-8-15)30(4,24)25/h7-13H,5-6,14H2,1-4H3,(H,21,23). The number of sulfonamides is 1. The second-order valence-corrected chi connectivity index (χ2v) is 10.5. The lowest BCUT2D eigenvalue weighted by Gasteiger charge is -2.19. The minimum Gasteiger partial charge on any atom is -0.495 e. The molecule has 0 aliphatic carbocycles. The lowest BCUT2D eigenvalue weighted by atomic mass is 10.3. The first-order valence-corrected chi connectivity index (χ1v) is 12.8. The lowest BCUT2D eigenvalue weighted by molar-refractivity contribution is -0.118. The molecule has 9 nitrogen and oxygen atoms in total. The molecule has 170 valence electrons. The molecule has 31 heavy (non-hydrogen) atoms. The molecule has 0 fully saturated rings. The number of amides is 1. The fraction of sp³-hybridized carbons (Fsp3) is 0.350. The van der Waals surface area contributed by atoms with Crippen molar-refractivity contribution in [2.45, 2.75) is 23.6 Å². The van der Waals surface area contributed by atoms with Crippen molar-refractivity contribution in [2.24, 2.45) is 0 Å². The highest BCUT2D eigenvalue weighted by Crippen LogP contribution is 2.29. The van der Waals surface area contributed by atoms with E-state index in [-0.39, 0.29) is 22.1 Å². The molecular weight excluding hydrogens is 444 g/mol. The van der Waals surface area contributed by atoms with Gasteiger partial charge in [-0.05, 0) is 42.5 Å². The number of carbonyl (C=O) groups is 1. The van der Waals surface area contributed by atoms with E-state index in [9.17, 15) is 21.6 Å². The summed E-state index contributed by atoms with van der Waals surface area (Å²) in [6, 6.07) is 9.88. The highest BCUT2D eigenvalue weighted by atomic mass is 32.2. The predicted molar refractivity (Wildman–Crippen MR) is 117 cm³/mol. The maximum Gasteiger partial charge on any atom is 0.262 e. The van der Waals surface area contributed by atoms with Crippen LogP contribution in [0.3, 0.4) is 0 Å². The molecule has 0 spiro atoms. The number of anilines is 1. The maximum absolute atomic E-state index is 12.7. The number of ether oxygens (including phenoxy) is 2. The minimum absolute atomic E-state index is 0.0320. The van der Waals surface area contributed by atoms with E-state index >= 15 is 0 Å². The van der Waals surface area contributed by atoms with Gasteiger partial charge in [-0.3, -0.25) is 4.79 Å². The van der Waals surface area contributed by atoms with Gasteiger partial charge in [-0.2, -0.15) is 4.31 Å². The normalized spacial score (nSPS) is 11.9. The minimum atomic E-state index is -3.71. The van der Waals surface area contributed by atoms with E-state index in [1.165, 1.54) is 53.9 Å². The highest BCUT2D eigenvalue weighted by molar-refractivity contribution is 7.90. The number of hydrogen-bond acceptors (Lipinski definition) is 7. The first-order chi connectivity index (χ1) is 14.5. The number of nitrogens with one attached hydrogen (secondary N) is 1. The van der Waals surface area contributed by atoms with Crippen LogP contribution in [0.4, 0.5) is 5.69 Å². The Morgan fingerprint density at radius 3 is 2.06 bits per heavy atom. The summed E-state index contributed by atoms with van der Waals surface area (Å²) >= 11 is 0. The molecule has 11 heteroatoms. The van der Waals surface area contributed by atoms with Crippen molar-refractivity contribution < 1.29 is 31.1 Å². The highest BCUT2D eigenvalue weighted by Gasteiger charge is 2.23. The average molecular weight is 471 g/mol. The summed E-state index contributed by atoms with van der Waals surface area (Å²) in [5, 5.41) is 2.59. The smallest absolute Gasteiger partial charge is 0.262 e. The van der Waals surface area contributed by atoms with E-state index in [0.717, 1.165) is 6.26 Å². The fourth-order valence-electron chi connectivity index (χ4n) is 2.78. The van der Waals surface area contributed by atoms with Gasteiger partial charge < -0.3 is 14.8 Å². The third-order valence-electron chi connectivity index (χ3n) is 4.41.